The highest BCUT2D eigenvalue weighted by molar-refractivity contribution is 7.98. The van der Waals surface area contributed by atoms with E-state index in [-0.39, 0.29) is 17.9 Å². The number of fused-ring (bicyclic) bond motifs is 3. The maximum atomic E-state index is 12.9. The third-order valence-corrected chi connectivity index (χ3v) is 7.49. The van der Waals surface area contributed by atoms with Gasteiger partial charge in [-0.2, -0.15) is 0 Å². The molecule has 11 heteroatoms. The van der Waals surface area contributed by atoms with Crippen LogP contribution in [0.2, 0.25) is 0 Å². The Balaban J connectivity index is 1.90. The van der Waals surface area contributed by atoms with Gasteiger partial charge in [-0.15, -0.1) is 11.8 Å². The molecule has 5 unspecified atom stereocenters. The van der Waals surface area contributed by atoms with Crippen LogP contribution in [0.15, 0.2) is 34.0 Å². The molecule has 0 saturated carbocycles. The molecule has 37 heavy (non-hydrogen) atoms. The largest absolute Gasteiger partial charge is 0.492 e. The number of aryl methyl sites for hydroxylation is 1. The smallest absolute Gasteiger partial charge is 0.217 e. The van der Waals surface area contributed by atoms with Crippen LogP contribution in [0.25, 0.3) is 11.1 Å². The summed E-state index contributed by atoms with van der Waals surface area (Å²) in [5.74, 6) is 0.532. The minimum atomic E-state index is -1.39. The topological polar surface area (TPSA) is 147 Å². The summed E-state index contributed by atoms with van der Waals surface area (Å²) in [7, 11) is 3.00. The van der Waals surface area contributed by atoms with Crippen LogP contribution in [0.4, 0.5) is 5.69 Å². The van der Waals surface area contributed by atoms with Crippen molar-refractivity contribution in [3.8, 4) is 22.6 Å². The van der Waals surface area contributed by atoms with Gasteiger partial charge in [-0.3, -0.25) is 9.59 Å². The van der Waals surface area contributed by atoms with Gasteiger partial charge in [0.15, 0.2) is 23.2 Å². The standard InChI is InChI=1S/C26H32N2O8S/c1-12(29)27-16-7-5-13-9-17(28-26-23(33)22(32)19(31)11-36-26)24(34-2)25(35-3)21(13)14-6-8-20(37-4)18(30)10-15(14)16/h6,8-10,16,19,22-23,26,28,31-33H,5,7,11H2,1-4H3,(H,27,29). The zero-order valence-electron chi connectivity index (χ0n) is 21.1. The lowest BCUT2D eigenvalue weighted by atomic mass is 9.95. The minimum absolute atomic E-state index is 0.138. The van der Waals surface area contributed by atoms with E-state index in [1.54, 1.807) is 12.1 Å². The molecule has 5 atom stereocenters. The number of carbonyl (C=O) groups is 1. The molecule has 2 aromatic carbocycles. The van der Waals surface area contributed by atoms with Crippen molar-refractivity contribution >= 4 is 23.4 Å². The average molecular weight is 533 g/mol. The van der Waals surface area contributed by atoms with Gasteiger partial charge >= 0.3 is 0 Å². The number of aliphatic hydroxyl groups excluding tert-OH is 3. The van der Waals surface area contributed by atoms with Gasteiger partial charge in [0.2, 0.25) is 5.91 Å². The number of ether oxygens (including phenoxy) is 3. The van der Waals surface area contributed by atoms with E-state index in [1.165, 1.54) is 32.9 Å². The zero-order chi connectivity index (χ0) is 26.9. The second-order valence-electron chi connectivity index (χ2n) is 9.04. The second-order valence-corrected chi connectivity index (χ2v) is 9.89. The molecule has 1 aliphatic carbocycles. The van der Waals surface area contributed by atoms with Crippen molar-refractivity contribution in [2.75, 3.05) is 32.4 Å². The van der Waals surface area contributed by atoms with Crippen LogP contribution in [-0.4, -0.2) is 72.8 Å². The number of thioether (sulfide) groups is 1. The predicted octanol–water partition coefficient (Wildman–Crippen LogP) is 1.43. The SMILES string of the molecule is COc1c(NC2OCC(O)C(O)C2O)cc2c(c1OC)-c1ccc(SC)c(=O)cc1C(NC(C)=O)CC2. The molecule has 0 radical (unpaired) electrons. The first-order chi connectivity index (χ1) is 17.7. The summed E-state index contributed by atoms with van der Waals surface area (Å²) in [5.41, 5.74) is 3.34. The molecule has 5 N–H and O–H groups in total. The van der Waals surface area contributed by atoms with E-state index in [0.717, 1.165) is 16.7 Å². The van der Waals surface area contributed by atoms with Gasteiger partial charge in [-0.1, -0.05) is 6.07 Å². The quantitative estimate of drug-likeness (QED) is 0.346. The highest BCUT2D eigenvalue weighted by Crippen LogP contribution is 2.49. The van der Waals surface area contributed by atoms with Crippen LogP contribution in [0.1, 0.15) is 30.5 Å². The molecule has 0 bridgehead atoms. The summed E-state index contributed by atoms with van der Waals surface area (Å²) >= 11 is 1.35. The Bertz CT molecular complexity index is 1240. The number of methoxy groups -OCH3 is 2. The number of nitrogens with one attached hydrogen (secondary N) is 2. The number of rotatable bonds is 6. The van der Waals surface area contributed by atoms with Crippen LogP contribution in [0.5, 0.6) is 11.5 Å². The number of hydrogen-bond acceptors (Lipinski definition) is 10. The van der Waals surface area contributed by atoms with Gasteiger partial charge in [-0.25, -0.2) is 0 Å². The van der Waals surface area contributed by atoms with E-state index in [9.17, 15) is 24.9 Å². The highest BCUT2D eigenvalue weighted by atomic mass is 32.2. The van der Waals surface area contributed by atoms with Crippen molar-refractivity contribution in [3.63, 3.8) is 0 Å². The summed E-state index contributed by atoms with van der Waals surface area (Å²) < 4.78 is 17.1. The number of hydrogen-bond donors (Lipinski definition) is 5. The second kappa shape index (κ2) is 11.3. The normalized spacial score (nSPS) is 24.8. The molecule has 2 aromatic rings. The molecular formula is C26H32N2O8S. The predicted molar refractivity (Wildman–Crippen MR) is 139 cm³/mol. The Morgan fingerprint density at radius 2 is 1.84 bits per heavy atom. The Kier molecular flexibility index (Phi) is 8.29. The summed E-state index contributed by atoms with van der Waals surface area (Å²) in [5, 5.41) is 36.4. The Hall–Kier alpha value is -2.83. The van der Waals surface area contributed by atoms with Crippen molar-refractivity contribution in [2.45, 2.75) is 55.2 Å². The first kappa shape index (κ1) is 27.2. The summed E-state index contributed by atoms with van der Waals surface area (Å²) in [6, 6.07) is 6.66. The lowest BCUT2D eigenvalue weighted by Gasteiger charge is -2.36. The number of aliphatic hydroxyl groups is 3. The molecule has 10 nitrogen and oxygen atoms in total. The van der Waals surface area contributed by atoms with Crippen LogP contribution >= 0.6 is 11.8 Å². The maximum absolute atomic E-state index is 12.9. The summed E-state index contributed by atoms with van der Waals surface area (Å²) in [6.45, 7) is 1.29. The van der Waals surface area contributed by atoms with Gasteiger partial charge in [0, 0.05) is 12.5 Å². The molecule has 0 aromatic heterocycles. The fourth-order valence-corrected chi connectivity index (χ4v) is 5.40. The van der Waals surface area contributed by atoms with Crippen molar-refractivity contribution < 1.29 is 34.3 Å². The molecule has 0 spiro atoms. The molecule has 1 fully saturated rings. The van der Waals surface area contributed by atoms with Crippen LogP contribution < -0.4 is 25.5 Å². The molecule has 1 saturated heterocycles. The molecule has 2 aliphatic rings. The lowest BCUT2D eigenvalue weighted by Crippen LogP contribution is -2.55. The molecule has 1 aliphatic heterocycles. The van der Waals surface area contributed by atoms with E-state index in [1.807, 2.05) is 18.4 Å². The van der Waals surface area contributed by atoms with E-state index in [2.05, 4.69) is 10.6 Å². The average Bonchev–Trinajstić information content (AvgIpc) is 3.11. The fraction of sp³-hybridized carbons (Fsp3) is 0.462. The van der Waals surface area contributed by atoms with Crippen molar-refractivity contribution in [2.24, 2.45) is 0 Å². The van der Waals surface area contributed by atoms with Crippen LogP contribution in [-0.2, 0) is 16.0 Å². The number of anilines is 1. The van der Waals surface area contributed by atoms with E-state index >= 15 is 0 Å². The number of carbonyl (C=O) groups excluding carboxylic acids is 1. The third kappa shape index (κ3) is 5.27. The van der Waals surface area contributed by atoms with E-state index in [0.29, 0.717) is 40.5 Å². The van der Waals surface area contributed by atoms with E-state index in [4.69, 9.17) is 14.2 Å². The van der Waals surface area contributed by atoms with Gasteiger partial charge in [0.25, 0.3) is 0 Å². The van der Waals surface area contributed by atoms with Gasteiger partial charge in [-0.05, 0) is 54.0 Å². The maximum Gasteiger partial charge on any atom is 0.217 e. The van der Waals surface area contributed by atoms with Crippen LogP contribution in [0.3, 0.4) is 0 Å². The number of amides is 1. The lowest BCUT2D eigenvalue weighted by molar-refractivity contribution is -0.178. The first-order valence-corrected chi connectivity index (χ1v) is 13.1. The Morgan fingerprint density at radius 1 is 1.11 bits per heavy atom. The molecular weight excluding hydrogens is 500 g/mol. The van der Waals surface area contributed by atoms with Gasteiger partial charge < -0.3 is 40.2 Å². The van der Waals surface area contributed by atoms with Gasteiger partial charge in [0.1, 0.15) is 18.3 Å². The highest BCUT2D eigenvalue weighted by Gasteiger charge is 2.38. The van der Waals surface area contributed by atoms with E-state index < -0.39 is 30.6 Å². The Morgan fingerprint density at radius 3 is 2.49 bits per heavy atom. The third-order valence-electron chi connectivity index (χ3n) is 6.71. The van der Waals surface area contributed by atoms with Crippen LogP contribution in [0, 0.1) is 0 Å². The van der Waals surface area contributed by atoms with Crippen molar-refractivity contribution in [1.82, 2.24) is 5.32 Å². The number of benzene rings is 1. The molecule has 4 rings (SSSR count). The summed E-state index contributed by atoms with van der Waals surface area (Å²) in [4.78, 5) is 25.6. The first-order valence-electron chi connectivity index (χ1n) is 11.9. The van der Waals surface area contributed by atoms with Crippen molar-refractivity contribution in [3.05, 3.63) is 45.6 Å². The van der Waals surface area contributed by atoms with Crippen molar-refractivity contribution in [1.29, 1.82) is 0 Å². The zero-order valence-corrected chi connectivity index (χ0v) is 21.9. The minimum Gasteiger partial charge on any atom is -0.492 e. The monoisotopic (exact) mass is 532 g/mol. The molecule has 1 amide bonds. The Labute approximate surface area is 219 Å². The van der Waals surface area contributed by atoms with Gasteiger partial charge in [0.05, 0.1) is 37.5 Å². The molecule has 1 heterocycles. The fourth-order valence-electron chi connectivity index (χ4n) is 4.94. The summed E-state index contributed by atoms with van der Waals surface area (Å²) in [6.07, 6.45) is -2.07. The molecule has 200 valence electrons.